The maximum Gasteiger partial charge on any atom is 0.184 e. The van der Waals surface area contributed by atoms with Gasteiger partial charge < -0.3 is 5.11 Å². The second-order valence-electron chi connectivity index (χ2n) is 6.15. The lowest BCUT2D eigenvalue weighted by molar-refractivity contribution is 0.0514. The zero-order valence-electron chi connectivity index (χ0n) is 11.9. The first-order valence-corrected chi connectivity index (χ1v) is 7.50. The predicted octanol–water partition coefficient (Wildman–Crippen LogP) is 3.09. The molecular weight excluding hydrogens is 260 g/mol. The molecule has 106 valence electrons. The van der Waals surface area contributed by atoms with Gasteiger partial charge in [-0.1, -0.05) is 48.5 Å². The Morgan fingerprint density at radius 3 is 1.81 bits per heavy atom. The summed E-state index contributed by atoms with van der Waals surface area (Å²) in [4.78, 5) is 0. The zero-order valence-corrected chi connectivity index (χ0v) is 11.9. The van der Waals surface area contributed by atoms with Crippen molar-refractivity contribution in [2.24, 2.45) is 10.2 Å². The summed E-state index contributed by atoms with van der Waals surface area (Å²) >= 11 is 0. The maximum atomic E-state index is 10.6. The van der Waals surface area contributed by atoms with Crippen LogP contribution in [0.3, 0.4) is 0 Å². The minimum absolute atomic E-state index is 0.176. The number of hydrogen-bond acceptors (Lipinski definition) is 3. The Morgan fingerprint density at radius 1 is 0.810 bits per heavy atom. The Balaban J connectivity index is 1.48. The van der Waals surface area contributed by atoms with Crippen LogP contribution in [0.15, 0.2) is 58.8 Å². The topological polar surface area (TPSA) is 45.0 Å². The van der Waals surface area contributed by atoms with Crippen LogP contribution in [0.2, 0.25) is 0 Å². The van der Waals surface area contributed by atoms with Crippen LogP contribution in [-0.2, 0) is 25.7 Å². The molecule has 0 fully saturated rings. The highest BCUT2D eigenvalue weighted by atomic mass is 16.3. The first kappa shape index (κ1) is 12.7. The molecule has 0 amide bonds. The largest absolute Gasteiger partial charge is 0.367 e. The molecule has 2 aromatic carbocycles. The van der Waals surface area contributed by atoms with Gasteiger partial charge in [0, 0.05) is 12.8 Å². The van der Waals surface area contributed by atoms with Crippen molar-refractivity contribution in [1.29, 1.82) is 0 Å². The molecule has 21 heavy (non-hydrogen) atoms. The lowest BCUT2D eigenvalue weighted by Crippen LogP contribution is -2.26. The first-order valence-electron chi connectivity index (χ1n) is 7.50. The summed E-state index contributed by atoms with van der Waals surface area (Å²) in [6.07, 6.45) is 3.02. The minimum Gasteiger partial charge on any atom is -0.367 e. The molecule has 0 aromatic heterocycles. The minimum atomic E-state index is -1.04. The van der Waals surface area contributed by atoms with E-state index in [1.165, 1.54) is 22.3 Å². The third kappa shape index (κ3) is 2.38. The van der Waals surface area contributed by atoms with Crippen molar-refractivity contribution in [2.75, 3.05) is 0 Å². The molecule has 3 nitrogen and oxygen atoms in total. The number of rotatable bonds is 2. The van der Waals surface area contributed by atoms with Crippen molar-refractivity contribution in [3.63, 3.8) is 0 Å². The predicted molar refractivity (Wildman–Crippen MR) is 81.3 cm³/mol. The monoisotopic (exact) mass is 278 g/mol. The fraction of sp³-hybridized carbons (Fsp3) is 0.333. The van der Waals surface area contributed by atoms with Crippen LogP contribution < -0.4 is 0 Å². The summed E-state index contributed by atoms with van der Waals surface area (Å²) in [5.41, 5.74) is 4.06. The Bertz CT molecular complexity index is 658. The van der Waals surface area contributed by atoms with Gasteiger partial charge in [-0.2, -0.15) is 10.2 Å². The van der Waals surface area contributed by atoms with E-state index >= 15 is 0 Å². The smallest absolute Gasteiger partial charge is 0.184 e. The molecule has 0 unspecified atom stereocenters. The summed E-state index contributed by atoms with van der Waals surface area (Å²) in [5.74, 6) is 0. The van der Waals surface area contributed by atoms with E-state index in [-0.39, 0.29) is 6.04 Å². The van der Waals surface area contributed by atoms with E-state index in [1.807, 2.05) is 12.1 Å². The van der Waals surface area contributed by atoms with Crippen molar-refractivity contribution in [3.05, 3.63) is 70.8 Å². The Hall–Kier alpha value is -2.00. The number of benzene rings is 2. The van der Waals surface area contributed by atoms with Crippen LogP contribution in [0.1, 0.15) is 22.3 Å². The van der Waals surface area contributed by atoms with Crippen molar-refractivity contribution in [3.8, 4) is 0 Å². The normalized spacial score (nSPS) is 19.9. The highest BCUT2D eigenvalue weighted by Crippen LogP contribution is 2.32. The van der Waals surface area contributed by atoms with Gasteiger partial charge in [0.1, 0.15) is 0 Å². The molecule has 4 rings (SSSR count). The van der Waals surface area contributed by atoms with Gasteiger partial charge in [0.15, 0.2) is 5.72 Å². The first-order chi connectivity index (χ1) is 10.2. The Labute approximate surface area is 124 Å². The average molecular weight is 278 g/mol. The standard InChI is InChI=1S/C18H18N2O/c21-18(11-15-7-3-4-8-16(15)12-18)20-19-17-9-13-5-1-2-6-14(13)10-17/h1-8,17,21H,9-12H2. The molecule has 0 atom stereocenters. The van der Waals surface area contributed by atoms with E-state index in [1.54, 1.807) is 0 Å². The summed E-state index contributed by atoms with van der Waals surface area (Å²) in [6.45, 7) is 0. The number of nitrogens with zero attached hydrogens (tertiary/aromatic N) is 2. The third-order valence-electron chi connectivity index (χ3n) is 4.50. The summed E-state index contributed by atoms with van der Waals surface area (Å²) in [5, 5.41) is 19.4. The Kier molecular flexibility index (Phi) is 2.89. The summed E-state index contributed by atoms with van der Waals surface area (Å²) in [6, 6.07) is 16.8. The fourth-order valence-electron chi connectivity index (χ4n) is 3.45. The number of azo groups is 1. The van der Waals surface area contributed by atoms with E-state index < -0.39 is 5.72 Å². The molecule has 0 heterocycles. The molecule has 1 N–H and O–H groups in total. The van der Waals surface area contributed by atoms with Gasteiger partial charge in [-0.05, 0) is 35.1 Å². The molecule has 0 radical (unpaired) electrons. The molecule has 2 aliphatic rings. The van der Waals surface area contributed by atoms with Gasteiger partial charge >= 0.3 is 0 Å². The average Bonchev–Trinajstić information content (AvgIpc) is 3.04. The van der Waals surface area contributed by atoms with Gasteiger partial charge in [-0.3, -0.25) is 0 Å². The van der Waals surface area contributed by atoms with Crippen molar-refractivity contribution >= 4 is 0 Å². The van der Waals surface area contributed by atoms with Gasteiger partial charge in [0.2, 0.25) is 0 Å². The second kappa shape index (κ2) is 4.78. The van der Waals surface area contributed by atoms with E-state index in [9.17, 15) is 5.11 Å². The number of hydrogen-bond donors (Lipinski definition) is 1. The van der Waals surface area contributed by atoms with Crippen molar-refractivity contribution in [2.45, 2.75) is 37.5 Å². The van der Waals surface area contributed by atoms with Crippen LogP contribution in [0.4, 0.5) is 0 Å². The maximum absolute atomic E-state index is 10.6. The zero-order chi connectivity index (χ0) is 14.3. The molecule has 2 aromatic rings. The Morgan fingerprint density at radius 2 is 1.29 bits per heavy atom. The van der Waals surface area contributed by atoms with E-state index in [2.05, 4.69) is 46.6 Å². The summed E-state index contributed by atoms with van der Waals surface area (Å²) < 4.78 is 0. The van der Waals surface area contributed by atoms with Crippen LogP contribution in [0.5, 0.6) is 0 Å². The quantitative estimate of drug-likeness (QED) is 0.843. The fourth-order valence-corrected chi connectivity index (χ4v) is 3.45. The van der Waals surface area contributed by atoms with E-state index in [0.717, 1.165) is 12.8 Å². The van der Waals surface area contributed by atoms with Crippen molar-refractivity contribution in [1.82, 2.24) is 0 Å². The van der Waals surface area contributed by atoms with Crippen molar-refractivity contribution < 1.29 is 5.11 Å². The molecule has 0 aliphatic heterocycles. The highest BCUT2D eigenvalue weighted by Gasteiger charge is 2.35. The van der Waals surface area contributed by atoms with E-state index in [0.29, 0.717) is 12.8 Å². The highest BCUT2D eigenvalue weighted by molar-refractivity contribution is 5.35. The lowest BCUT2D eigenvalue weighted by Gasteiger charge is -2.15. The molecular formula is C18H18N2O. The van der Waals surface area contributed by atoms with Crippen LogP contribution >= 0.6 is 0 Å². The van der Waals surface area contributed by atoms with Crippen LogP contribution in [0, 0.1) is 0 Å². The second-order valence-corrected chi connectivity index (χ2v) is 6.15. The SMILES string of the molecule is OC1(N=NC2Cc3ccccc3C2)Cc2ccccc2C1. The molecule has 2 aliphatic carbocycles. The van der Waals surface area contributed by atoms with Gasteiger partial charge in [0.25, 0.3) is 0 Å². The van der Waals surface area contributed by atoms with Gasteiger partial charge in [-0.15, -0.1) is 0 Å². The van der Waals surface area contributed by atoms with Gasteiger partial charge in [-0.25, -0.2) is 0 Å². The third-order valence-corrected chi connectivity index (χ3v) is 4.50. The molecule has 3 heteroatoms. The van der Waals surface area contributed by atoms with E-state index in [4.69, 9.17) is 0 Å². The van der Waals surface area contributed by atoms with Crippen LogP contribution in [-0.4, -0.2) is 16.9 Å². The number of fused-ring (bicyclic) bond motifs is 2. The lowest BCUT2D eigenvalue weighted by atomic mass is 10.1. The summed E-state index contributed by atoms with van der Waals surface area (Å²) in [7, 11) is 0. The van der Waals surface area contributed by atoms with Crippen LogP contribution in [0.25, 0.3) is 0 Å². The molecule has 0 spiro atoms. The molecule has 0 bridgehead atoms. The number of aliphatic hydroxyl groups is 1. The van der Waals surface area contributed by atoms with Gasteiger partial charge in [0.05, 0.1) is 6.04 Å². The molecule has 0 saturated carbocycles. The molecule has 0 saturated heterocycles.